The van der Waals surface area contributed by atoms with Crippen molar-refractivity contribution in [2.45, 2.75) is 24.4 Å². The van der Waals surface area contributed by atoms with E-state index in [1.54, 1.807) is 36.4 Å². The Labute approximate surface area is 136 Å². The van der Waals surface area contributed by atoms with Crippen LogP contribution in [0.3, 0.4) is 0 Å². The molecule has 23 heavy (non-hydrogen) atoms. The monoisotopic (exact) mass is 342 g/mol. The minimum absolute atomic E-state index is 0.0615. The van der Waals surface area contributed by atoms with Gasteiger partial charge >= 0.3 is 12.1 Å². The predicted octanol–water partition coefficient (Wildman–Crippen LogP) is 5.00. The lowest BCUT2D eigenvalue weighted by molar-refractivity contribution is -0.138. The molecule has 0 bridgehead atoms. The Hall–Kier alpha value is -2.01. The first-order valence-electron chi connectivity index (χ1n) is 6.89. The summed E-state index contributed by atoms with van der Waals surface area (Å²) in [4.78, 5) is 10.6. The van der Waals surface area contributed by atoms with Crippen LogP contribution in [0.4, 0.5) is 13.2 Å². The number of carboxylic acids is 1. The van der Waals surface area contributed by atoms with E-state index in [0.717, 1.165) is 6.07 Å². The van der Waals surface area contributed by atoms with Gasteiger partial charge in [-0.2, -0.15) is 13.2 Å². The fourth-order valence-electron chi connectivity index (χ4n) is 2.34. The van der Waals surface area contributed by atoms with E-state index in [2.05, 4.69) is 0 Å². The standard InChI is InChI=1S/C17H14ClF3O2/c18-13(10-16(22)23)8-11-6-7-14(12-4-2-1-3-5-12)15(9-11)17(19,20)21/h1-7,9,13H,8,10H2,(H,22,23). The largest absolute Gasteiger partial charge is 0.481 e. The van der Waals surface area contributed by atoms with Gasteiger partial charge in [-0.25, -0.2) is 0 Å². The highest BCUT2D eigenvalue weighted by molar-refractivity contribution is 6.21. The number of hydrogen-bond donors (Lipinski definition) is 1. The first kappa shape index (κ1) is 17.3. The molecule has 1 unspecified atom stereocenters. The molecule has 0 heterocycles. The molecule has 0 aliphatic heterocycles. The highest BCUT2D eigenvalue weighted by Crippen LogP contribution is 2.38. The molecule has 0 fully saturated rings. The zero-order chi connectivity index (χ0) is 17.0. The Morgan fingerprint density at radius 3 is 2.35 bits per heavy atom. The number of alkyl halides is 4. The second-order valence-corrected chi connectivity index (χ2v) is 5.76. The van der Waals surface area contributed by atoms with Crippen molar-refractivity contribution in [3.05, 3.63) is 59.7 Å². The van der Waals surface area contributed by atoms with Crippen LogP contribution >= 0.6 is 11.6 Å². The molecule has 2 nitrogen and oxygen atoms in total. The van der Waals surface area contributed by atoms with Crippen molar-refractivity contribution < 1.29 is 23.1 Å². The molecule has 0 radical (unpaired) electrons. The van der Waals surface area contributed by atoms with Crippen LogP contribution in [-0.2, 0) is 17.4 Å². The van der Waals surface area contributed by atoms with Crippen molar-refractivity contribution in [1.82, 2.24) is 0 Å². The summed E-state index contributed by atoms with van der Waals surface area (Å²) < 4.78 is 40.0. The van der Waals surface area contributed by atoms with Crippen LogP contribution in [0.5, 0.6) is 0 Å². The normalized spacial score (nSPS) is 12.9. The fraction of sp³-hybridized carbons (Fsp3) is 0.235. The number of halogens is 4. The third kappa shape index (κ3) is 4.73. The second-order valence-electron chi connectivity index (χ2n) is 5.14. The highest BCUT2D eigenvalue weighted by Gasteiger charge is 2.34. The summed E-state index contributed by atoms with van der Waals surface area (Å²) in [7, 11) is 0. The topological polar surface area (TPSA) is 37.3 Å². The zero-order valence-electron chi connectivity index (χ0n) is 12.0. The van der Waals surface area contributed by atoms with Crippen LogP contribution in [0.1, 0.15) is 17.5 Å². The van der Waals surface area contributed by atoms with Crippen molar-refractivity contribution in [1.29, 1.82) is 0 Å². The van der Waals surface area contributed by atoms with Crippen molar-refractivity contribution in [3.8, 4) is 11.1 Å². The third-order valence-electron chi connectivity index (χ3n) is 3.33. The summed E-state index contributed by atoms with van der Waals surface area (Å²) in [5.41, 5.74) is 0.171. The van der Waals surface area contributed by atoms with E-state index in [9.17, 15) is 18.0 Å². The lowest BCUT2D eigenvalue weighted by atomic mass is 9.95. The van der Waals surface area contributed by atoms with Gasteiger partial charge in [0.2, 0.25) is 0 Å². The number of benzene rings is 2. The predicted molar refractivity (Wildman–Crippen MR) is 82.5 cm³/mol. The van der Waals surface area contributed by atoms with E-state index in [-0.39, 0.29) is 18.4 Å². The number of rotatable bonds is 5. The van der Waals surface area contributed by atoms with Crippen LogP contribution in [0, 0.1) is 0 Å². The number of carboxylic acid groups (broad SMARTS) is 1. The van der Waals surface area contributed by atoms with Crippen LogP contribution in [-0.4, -0.2) is 16.5 Å². The minimum Gasteiger partial charge on any atom is -0.481 e. The van der Waals surface area contributed by atoms with Gasteiger partial charge in [0, 0.05) is 5.38 Å². The van der Waals surface area contributed by atoms with Gasteiger partial charge in [0.15, 0.2) is 0 Å². The van der Waals surface area contributed by atoms with Crippen LogP contribution in [0.2, 0.25) is 0 Å². The summed E-state index contributed by atoms with van der Waals surface area (Å²) >= 11 is 5.87. The number of hydrogen-bond acceptors (Lipinski definition) is 1. The molecule has 0 saturated carbocycles. The van der Waals surface area contributed by atoms with Gasteiger partial charge in [0.05, 0.1) is 12.0 Å². The first-order valence-corrected chi connectivity index (χ1v) is 7.32. The molecule has 0 spiro atoms. The molecule has 2 rings (SSSR count). The van der Waals surface area contributed by atoms with Crippen LogP contribution in [0.15, 0.2) is 48.5 Å². The minimum atomic E-state index is -4.50. The maximum Gasteiger partial charge on any atom is 0.417 e. The van der Waals surface area contributed by atoms with Crippen LogP contribution < -0.4 is 0 Å². The Bertz CT molecular complexity index is 684. The third-order valence-corrected chi connectivity index (χ3v) is 3.64. The summed E-state index contributed by atoms with van der Waals surface area (Å²) in [5, 5.41) is 7.92. The molecule has 122 valence electrons. The molecule has 0 aliphatic rings. The van der Waals surface area contributed by atoms with Crippen LogP contribution in [0.25, 0.3) is 11.1 Å². The molecule has 0 saturated heterocycles. The SMILES string of the molecule is O=C(O)CC(Cl)Cc1ccc(-c2ccccc2)c(C(F)(F)F)c1. The lowest BCUT2D eigenvalue weighted by Crippen LogP contribution is -2.12. The summed E-state index contributed by atoms with van der Waals surface area (Å²) in [6.45, 7) is 0. The van der Waals surface area contributed by atoms with Crippen molar-refractivity contribution >= 4 is 17.6 Å². The maximum atomic E-state index is 13.3. The molecule has 2 aromatic carbocycles. The van der Waals surface area contributed by atoms with Gasteiger partial charge in [-0.15, -0.1) is 11.6 Å². The van der Waals surface area contributed by atoms with Gasteiger partial charge in [-0.05, 0) is 29.2 Å². The molecule has 1 atom stereocenters. The number of aliphatic carboxylic acids is 1. The molecule has 0 aliphatic carbocycles. The second kappa shape index (κ2) is 7.04. The van der Waals surface area contributed by atoms with E-state index in [1.807, 2.05) is 0 Å². The summed E-state index contributed by atoms with van der Waals surface area (Å²) in [6.07, 6.45) is -4.74. The smallest absolute Gasteiger partial charge is 0.417 e. The highest BCUT2D eigenvalue weighted by atomic mass is 35.5. The average Bonchev–Trinajstić information content (AvgIpc) is 2.46. The van der Waals surface area contributed by atoms with Gasteiger partial charge in [-0.3, -0.25) is 4.79 Å². The summed E-state index contributed by atoms with van der Waals surface area (Å²) in [6, 6.07) is 12.3. The molecule has 0 amide bonds. The molecular weight excluding hydrogens is 329 g/mol. The van der Waals surface area contributed by atoms with E-state index >= 15 is 0 Å². The summed E-state index contributed by atoms with van der Waals surface area (Å²) in [5.74, 6) is -1.08. The molecule has 1 N–H and O–H groups in total. The molecule has 0 aromatic heterocycles. The van der Waals surface area contributed by atoms with E-state index < -0.39 is 23.1 Å². The van der Waals surface area contributed by atoms with Gasteiger partial charge < -0.3 is 5.11 Å². The van der Waals surface area contributed by atoms with Gasteiger partial charge in [0.1, 0.15) is 0 Å². The first-order chi connectivity index (χ1) is 10.8. The Morgan fingerprint density at radius 1 is 1.13 bits per heavy atom. The Morgan fingerprint density at radius 2 is 1.78 bits per heavy atom. The van der Waals surface area contributed by atoms with Gasteiger partial charge in [-0.1, -0.05) is 42.5 Å². The maximum absolute atomic E-state index is 13.3. The van der Waals surface area contributed by atoms with E-state index in [4.69, 9.17) is 16.7 Å². The lowest BCUT2D eigenvalue weighted by Gasteiger charge is -2.16. The molecular formula is C17H14ClF3O2. The van der Waals surface area contributed by atoms with Crippen molar-refractivity contribution in [2.24, 2.45) is 0 Å². The quantitative estimate of drug-likeness (QED) is 0.777. The molecule has 2 aromatic rings. The van der Waals surface area contributed by atoms with Crippen molar-refractivity contribution in [2.75, 3.05) is 0 Å². The van der Waals surface area contributed by atoms with E-state index in [1.165, 1.54) is 6.07 Å². The zero-order valence-corrected chi connectivity index (χ0v) is 12.7. The van der Waals surface area contributed by atoms with Gasteiger partial charge in [0.25, 0.3) is 0 Å². The Balaban J connectivity index is 2.38. The average molecular weight is 343 g/mol. The van der Waals surface area contributed by atoms with E-state index in [0.29, 0.717) is 11.1 Å². The fourth-order valence-corrected chi connectivity index (χ4v) is 2.65. The Kier molecular flexibility index (Phi) is 5.31. The number of carbonyl (C=O) groups is 1. The van der Waals surface area contributed by atoms with Crippen molar-refractivity contribution in [3.63, 3.8) is 0 Å². The molecule has 6 heteroatoms.